The van der Waals surface area contributed by atoms with Gasteiger partial charge in [-0.3, -0.25) is 9.59 Å². The fourth-order valence-corrected chi connectivity index (χ4v) is 2.16. The Labute approximate surface area is 109 Å². The van der Waals surface area contributed by atoms with Crippen molar-refractivity contribution < 1.29 is 9.59 Å². The van der Waals surface area contributed by atoms with Crippen molar-refractivity contribution in [1.29, 1.82) is 0 Å². The number of fused-ring (bicyclic) bond motifs is 1. The van der Waals surface area contributed by atoms with Crippen molar-refractivity contribution in [3.63, 3.8) is 0 Å². The van der Waals surface area contributed by atoms with Gasteiger partial charge >= 0.3 is 0 Å². The zero-order valence-corrected chi connectivity index (χ0v) is 10.3. The summed E-state index contributed by atoms with van der Waals surface area (Å²) in [6.07, 6.45) is 4.67. The Bertz CT molecular complexity index is 591. The summed E-state index contributed by atoms with van der Waals surface area (Å²) in [5.74, 6) is -0.164. The van der Waals surface area contributed by atoms with Crippen LogP contribution in [0.2, 0.25) is 0 Å². The largest absolute Gasteiger partial charge is 0.354 e. The van der Waals surface area contributed by atoms with E-state index in [0.717, 1.165) is 5.65 Å². The lowest BCUT2D eigenvalue weighted by molar-refractivity contribution is -0.122. The number of nitrogens with one attached hydrogen (secondary N) is 2. The number of imidazole rings is 1. The van der Waals surface area contributed by atoms with E-state index in [-0.39, 0.29) is 17.9 Å². The first-order chi connectivity index (χ1) is 9.22. The van der Waals surface area contributed by atoms with Gasteiger partial charge in [0, 0.05) is 31.4 Å². The minimum atomic E-state index is -0.204. The van der Waals surface area contributed by atoms with Crippen LogP contribution in [0.25, 0.3) is 5.65 Å². The lowest BCUT2D eigenvalue weighted by Crippen LogP contribution is -2.47. The molecule has 6 heteroatoms. The lowest BCUT2D eigenvalue weighted by atomic mass is 10.1. The standard InChI is InChI=1S/C13H14N4O2/c18-12-5-4-9(7-14-12)15-13(19)10-8-17-6-2-1-3-11(17)16-10/h1-3,6,8-9H,4-5,7H2,(H,14,18)(H,15,19). The summed E-state index contributed by atoms with van der Waals surface area (Å²) < 4.78 is 1.80. The molecule has 1 aliphatic heterocycles. The molecule has 0 radical (unpaired) electrons. The number of carbonyl (C=O) groups is 2. The normalized spacial score (nSPS) is 19.2. The summed E-state index contributed by atoms with van der Waals surface area (Å²) in [5.41, 5.74) is 1.13. The molecule has 2 amide bonds. The topological polar surface area (TPSA) is 75.5 Å². The number of piperidine rings is 1. The van der Waals surface area contributed by atoms with Crippen LogP contribution < -0.4 is 10.6 Å². The lowest BCUT2D eigenvalue weighted by Gasteiger charge is -2.22. The van der Waals surface area contributed by atoms with Crippen molar-refractivity contribution in [3.05, 3.63) is 36.3 Å². The molecule has 0 aromatic carbocycles. The average Bonchev–Trinajstić information content (AvgIpc) is 2.85. The maximum atomic E-state index is 12.1. The number of aromatic nitrogens is 2. The van der Waals surface area contributed by atoms with Gasteiger partial charge in [0.2, 0.25) is 5.91 Å². The summed E-state index contributed by atoms with van der Waals surface area (Å²) >= 11 is 0. The molecule has 3 rings (SSSR count). The van der Waals surface area contributed by atoms with Gasteiger partial charge in [-0.05, 0) is 18.6 Å². The minimum absolute atomic E-state index is 0.0185. The molecule has 3 heterocycles. The van der Waals surface area contributed by atoms with E-state index in [2.05, 4.69) is 15.6 Å². The molecule has 98 valence electrons. The van der Waals surface area contributed by atoms with E-state index in [1.54, 1.807) is 10.6 Å². The van der Waals surface area contributed by atoms with E-state index in [0.29, 0.717) is 25.1 Å². The second kappa shape index (κ2) is 4.72. The van der Waals surface area contributed by atoms with Crippen molar-refractivity contribution in [2.45, 2.75) is 18.9 Å². The number of nitrogens with zero attached hydrogens (tertiary/aromatic N) is 2. The first-order valence-electron chi connectivity index (χ1n) is 6.24. The van der Waals surface area contributed by atoms with Gasteiger partial charge in [0.1, 0.15) is 11.3 Å². The van der Waals surface area contributed by atoms with Gasteiger partial charge in [-0.15, -0.1) is 0 Å². The Morgan fingerprint density at radius 2 is 2.37 bits per heavy atom. The smallest absolute Gasteiger partial charge is 0.271 e. The van der Waals surface area contributed by atoms with Crippen LogP contribution in [0.1, 0.15) is 23.3 Å². The van der Waals surface area contributed by atoms with Gasteiger partial charge < -0.3 is 15.0 Å². The van der Waals surface area contributed by atoms with Crippen LogP contribution in [-0.2, 0) is 4.79 Å². The molecule has 1 unspecified atom stereocenters. The molecule has 19 heavy (non-hydrogen) atoms. The maximum absolute atomic E-state index is 12.1. The molecule has 1 aliphatic rings. The number of hydrogen-bond donors (Lipinski definition) is 2. The summed E-state index contributed by atoms with van der Waals surface area (Å²) in [4.78, 5) is 27.4. The first kappa shape index (κ1) is 11.7. The van der Waals surface area contributed by atoms with Crippen molar-refractivity contribution >= 4 is 17.5 Å². The SMILES string of the molecule is O=C1CCC(NC(=O)c2cn3ccccc3n2)CN1. The van der Waals surface area contributed by atoms with E-state index < -0.39 is 0 Å². The molecule has 2 N–H and O–H groups in total. The maximum Gasteiger partial charge on any atom is 0.271 e. The second-order valence-electron chi connectivity index (χ2n) is 4.61. The fraction of sp³-hybridized carbons (Fsp3) is 0.308. The number of pyridine rings is 1. The average molecular weight is 258 g/mol. The van der Waals surface area contributed by atoms with E-state index in [1.165, 1.54) is 0 Å². The number of hydrogen-bond acceptors (Lipinski definition) is 3. The molecule has 1 saturated heterocycles. The van der Waals surface area contributed by atoms with Crippen LogP contribution in [0.4, 0.5) is 0 Å². The highest BCUT2D eigenvalue weighted by Crippen LogP contribution is 2.07. The Kier molecular flexibility index (Phi) is 2.91. The van der Waals surface area contributed by atoms with Crippen molar-refractivity contribution in [2.24, 2.45) is 0 Å². The predicted molar refractivity (Wildman–Crippen MR) is 68.7 cm³/mol. The van der Waals surface area contributed by atoms with Gasteiger partial charge in [-0.2, -0.15) is 0 Å². The molecule has 2 aromatic heterocycles. The highest BCUT2D eigenvalue weighted by molar-refractivity contribution is 5.93. The zero-order valence-electron chi connectivity index (χ0n) is 10.3. The van der Waals surface area contributed by atoms with Crippen molar-refractivity contribution in [2.75, 3.05) is 6.54 Å². The molecule has 1 fully saturated rings. The van der Waals surface area contributed by atoms with Crippen LogP contribution in [0.5, 0.6) is 0 Å². The van der Waals surface area contributed by atoms with E-state index >= 15 is 0 Å². The fourth-order valence-electron chi connectivity index (χ4n) is 2.16. The Hall–Kier alpha value is -2.37. The molecule has 0 saturated carbocycles. The highest BCUT2D eigenvalue weighted by Gasteiger charge is 2.21. The van der Waals surface area contributed by atoms with Gasteiger partial charge in [0.05, 0.1) is 0 Å². The molecule has 6 nitrogen and oxygen atoms in total. The van der Waals surface area contributed by atoms with Crippen molar-refractivity contribution in [1.82, 2.24) is 20.0 Å². The van der Waals surface area contributed by atoms with E-state index in [1.807, 2.05) is 24.4 Å². The number of amides is 2. The molecule has 0 aliphatic carbocycles. The Morgan fingerprint density at radius 3 is 3.11 bits per heavy atom. The Morgan fingerprint density at radius 1 is 1.47 bits per heavy atom. The summed E-state index contributed by atoms with van der Waals surface area (Å²) in [7, 11) is 0. The third kappa shape index (κ3) is 2.42. The Balaban J connectivity index is 1.71. The van der Waals surface area contributed by atoms with Crippen LogP contribution in [-0.4, -0.2) is 33.8 Å². The zero-order chi connectivity index (χ0) is 13.2. The molecular weight excluding hydrogens is 244 g/mol. The van der Waals surface area contributed by atoms with E-state index in [4.69, 9.17) is 0 Å². The predicted octanol–water partition coefficient (Wildman–Crippen LogP) is 0.343. The number of rotatable bonds is 2. The van der Waals surface area contributed by atoms with E-state index in [9.17, 15) is 9.59 Å². The highest BCUT2D eigenvalue weighted by atomic mass is 16.2. The minimum Gasteiger partial charge on any atom is -0.354 e. The molecule has 0 spiro atoms. The van der Waals surface area contributed by atoms with Crippen LogP contribution in [0, 0.1) is 0 Å². The third-order valence-corrected chi connectivity index (χ3v) is 3.20. The quantitative estimate of drug-likeness (QED) is 0.815. The van der Waals surface area contributed by atoms with Crippen molar-refractivity contribution in [3.8, 4) is 0 Å². The number of carbonyl (C=O) groups excluding carboxylic acids is 2. The summed E-state index contributed by atoms with van der Waals surface area (Å²) in [6, 6.07) is 5.58. The molecule has 1 atom stereocenters. The summed E-state index contributed by atoms with van der Waals surface area (Å²) in [6.45, 7) is 0.484. The summed E-state index contributed by atoms with van der Waals surface area (Å²) in [5, 5.41) is 5.62. The first-order valence-corrected chi connectivity index (χ1v) is 6.24. The van der Waals surface area contributed by atoms with Gasteiger partial charge in [-0.1, -0.05) is 6.07 Å². The van der Waals surface area contributed by atoms with Crippen LogP contribution in [0.3, 0.4) is 0 Å². The van der Waals surface area contributed by atoms with Gasteiger partial charge in [0.25, 0.3) is 5.91 Å². The third-order valence-electron chi connectivity index (χ3n) is 3.20. The van der Waals surface area contributed by atoms with Crippen LogP contribution in [0.15, 0.2) is 30.6 Å². The van der Waals surface area contributed by atoms with Gasteiger partial charge in [-0.25, -0.2) is 4.98 Å². The molecule has 0 bridgehead atoms. The second-order valence-corrected chi connectivity index (χ2v) is 4.61. The van der Waals surface area contributed by atoms with Gasteiger partial charge in [0.15, 0.2) is 0 Å². The molecule has 2 aromatic rings. The monoisotopic (exact) mass is 258 g/mol. The van der Waals surface area contributed by atoms with Crippen LogP contribution >= 0.6 is 0 Å². The molecular formula is C13H14N4O2.